The summed E-state index contributed by atoms with van der Waals surface area (Å²) in [5.74, 6) is 0.00794. The number of anilines is 1. The van der Waals surface area contributed by atoms with Gasteiger partial charge in [0.25, 0.3) is 0 Å². The molecule has 0 bridgehead atoms. The maximum atomic E-state index is 12.2. The fourth-order valence-corrected chi connectivity index (χ4v) is 2.47. The maximum absolute atomic E-state index is 12.2. The first-order chi connectivity index (χ1) is 9.34. The van der Waals surface area contributed by atoms with E-state index in [0.717, 1.165) is 13.1 Å². The smallest absolute Gasteiger partial charge is 0.371 e. The van der Waals surface area contributed by atoms with Gasteiger partial charge in [0, 0.05) is 30.9 Å². The summed E-state index contributed by atoms with van der Waals surface area (Å²) in [6.45, 7) is 2.24. The molecule has 3 rings (SSSR count). The molecule has 2 aromatic rings. The summed E-state index contributed by atoms with van der Waals surface area (Å²) in [6, 6.07) is 13.4. The van der Waals surface area contributed by atoms with Gasteiger partial charge in [0.15, 0.2) is 12.4 Å². The highest BCUT2D eigenvalue weighted by atomic mass is 16.2. The molecule has 0 atom stereocenters. The molecular weight excluding hydrogens is 236 g/mol. The van der Waals surface area contributed by atoms with Crippen LogP contribution in [-0.2, 0) is 0 Å². The molecule has 1 aromatic heterocycles. The van der Waals surface area contributed by atoms with Gasteiger partial charge in [-0.2, -0.15) is 0 Å². The van der Waals surface area contributed by atoms with E-state index >= 15 is 0 Å². The minimum atomic E-state index is 0.00794. The van der Waals surface area contributed by atoms with Crippen LogP contribution in [0.1, 0.15) is 23.2 Å². The number of rotatable bonds is 2. The third-order valence-corrected chi connectivity index (χ3v) is 3.54. The number of hydrogen-bond acceptors (Lipinski definition) is 2. The monoisotopic (exact) mass is 253 g/mol. The molecule has 1 aliphatic rings. The molecule has 2 heterocycles. The third-order valence-electron chi connectivity index (χ3n) is 3.54. The molecule has 0 aliphatic carbocycles. The van der Waals surface area contributed by atoms with Gasteiger partial charge >= 0.3 is 5.91 Å². The van der Waals surface area contributed by atoms with Gasteiger partial charge in [0.1, 0.15) is 0 Å². The summed E-state index contributed by atoms with van der Waals surface area (Å²) in [5, 5.41) is 0. The Morgan fingerprint density at radius 1 is 0.947 bits per heavy atom. The Hall–Kier alpha value is -2.16. The average Bonchev–Trinajstić information content (AvgIpc) is 3.02. The van der Waals surface area contributed by atoms with E-state index in [0.29, 0.717) is 5.56 Å². The van der Waals surface area contributed by atoms with E-state index < -0.39 is 0 Å². The van der Waals surface area contributed by atoms with Crippen LogP contribution in [0.25, 0.3) is 0 Å². The van der Waals surface area contributed by atoms with E-state index in [4.69, 9.17) is 0 Å². The molecule has 0 spiro atoms. The van der Waals surface area contributed by atoms with Crippen molar-refractivity contribution in [3.63, 3.8) is 0 Å². The largest absolute Gasteiger partial charge is 0.424 e. The summed E-state index contributed by atoms with van der Waals surface area (Å²) in [4.78, 5) is 14.6. The Balaban J connectivity index is 1.80. The molecule has 1 aliphatic heterocycles. The van der Waals surface area contributed by atoms with E-state index in [2.05, 4.69) is 4.90 Å². The Kier molecular flexibility index (Phi) is 3.27. The number of aromatic nitrogens is 1. The van der Waals surface area contributed by atoms with Gasteiger partial charge < -0.3 is 4.90 Å². The standard InChI is InChI=1S/C16H17N2O/c19-16(14-6-2-1-3-7-14)18-12-8-15(9-13-18)17-10-4-5-11-17/h1-3,6-9,12-13H,4-5,10-11H2/q+1. The van der Waals surface area contributed by atoms with E-state index in [-0.39, 0.29) is 5.91 Å². The first-order valence-electron chi connectivity index (χ1n) is 6.70. The highest BCUT2D eigenvalue weighted by Crippen LogP contribution is 2.17. The van der Waals surface area contributed by atoms with Crippen molar-refractivity contribution in [1.82, 2.24) is 0 Å². The third kappa shape index (κ3) is 2.50. The van der Waals surface area contributed by atoms with Crippen LogP contribution >= 0.6 is 0 Å². The molecule has 0 radical (unpaired) electrons. The van der Waals surface area contributed by atoms with Crippen molar-refractivity contribution in [2.45, 2.75) is 12.8 Å². The molecule has 96 valence electrons. The molecule has 19 heavy (non-hydrogen) atoms. The predicted molar refractivity (Wildman–Crippen MR) is 74.3 cm³/mol. The lowest BCUT2D eigenvalue weighted by Crippen LogP contribution is -2.42. The van der Waals surface area contributed by atoms with Crippen LogP contribution in [-0.4, -0.2) is 19.0 Å². The molecule has 1 aromatic carbocycles. The Morgan fingerprint density at radius 2 is 1.58 bits per heavy atom. The summed E-state index contributed by atoms with van der Waals surface area (Å²) in [6.07, 6.45) is 6.22. The zero-order chi connectivity index (χ0) is 13.1. The molecule has 0 amide bonds. The van der Waals surface area contributed by atoms with E-state index in [1.54, 1.807) is 4.57 Å². The van der Waals surface area contributed by atoms with Gasteiger partial charge in [-0.1, -0.05) is 18.2 Å². The lowest BCUT2D eigenvalue weighted by atomic mass is 10.2. The van der Waals surface area contributed by atoms with Crippen LogP contribution in [0.3, 0.4) is 0 Å². The van der Waals surface area contributed by atoms with Gasteiger partial charge in [-0.05, 0) is 25.0 Å². The average molecular weight is 253 g/mol. The molecule has 1 fully saturated rings. The van der Waals surface area contributed by atoms with Crippen molar-refractivity contribution >= 4 is 11.6 Å². The van der Waals surface area contributed by atoms with Crippen molar-refractivity contribution in [2.75, 3.05) is 18.0 Å². The Morgan fingerprint density at radius 3 is 2.21 bits per heavy atom. The van der Waals surface area contributed by atoms with Crippen LogP contribution in [0.15, 0.2) is 54.9 Å². The second-order valence-electron chi connectivity index (χ2n) is 4.83. The fraction of sp³-hybridized carbons (Fsp3) is 0.250. The highest BCUT2D eigenvalue weighted by molar-refractivity contribution is 5.86. The summed E-state index contributed by atoms with van der Waals surface area (Å²) in [7, 11) is 0. The van der Waals surface area contributed by atoms with Crippen molar-refractivity contribution in [1.29, 1.82) is 0 Å². The van der Waals surface area contributed by atoms with Crippen molar-refractivity contribution in [3.05, 3.63) is 60.4 Å². The van der Waals surface area contributed by atoms with E-state index in [1.165, 1.54) is 18.5 Å². The lowest BCUT2D eigenvalue weighted by molar-refractivity contribution is -0.570. The normalized spacial score (nSPS) is 14.6. The molecular formula is C16H17N2O+. The van der Waals surface area contributed by atoms with E-state index in [9.17, 15) is 4.79 Å². The molecule has 3 nitrogen and oxygen atoms in total. The van der Waals surface area contributed by atoms with Crippen LogP contribution in [0.4, 0.5) is 5.69 Å². The predicted octanol–water partition coefficient (Wildman–Crippen LogP) is 2.26. The summed E-state index contributed by atoms with van der Waals surface area (Å²) in [5.41, 5.74) is 1.91. The second kappa shape index (κ2) is 5.22. The Labute approximate surface area is 113 Å². The maximum Gasteiger partial charge on any atom is 0.424 e. The van der Waals surface area contributed by atoms with Crippen molar-refractivity contribution in [2.24, 2.45) is 0 Å². The van der Waals surface area contributed by atoms with Crippen LogP contribution in [0.2, 0.25) is 0 Å². The summed E-state index contributed by atoms with van der Waals surface area (Å²) >= 11 is 0. The molecule has 0 unspecified atom stereocenters. The second-order valence-corrected chi connectivity index (χ2v) is 4.83. The van der Waals surface area contributed by atoms with Gasteiger partial charge in [-0.3, -0.25) is 0 Å². The zero-order valence-electron chi connectivity index (χ0n) is 10.8. The topological polar surface area (TPSA) is 24.2 Å². The van der Waals surface area contributed by atoms with Gasteiger partial charge in [-0.15, -0.1) is 4.57 Å². The Bertz CT molecular complexity index is 557. The number of benzene rings is 1. The number of pyridine rings is 1. The van der Waals surface area contributed by atoms with Gasteiger partial charge in [0.05, 0.1) is 5.56 Å². The highest BCUT2D eigenvalue weighted by Gasteiger charge is 2.18. The number of carbonyl (C=O) groups excluding carboxylic acids is 1. The quantitative estimate of drug-likeness (QED) is 0.767. The molecule has 0 saturated carbocycles. The minimum absolute atomic E-state index is 0.00794. The van der Waals surface area contributed by atoms with E-state index in [1.807, 2.05) is 54.9 Å². The number of hydrogen-bond donors (Lipinski definition) is 0. The first kappa shape index (κ1) is 11.9. The number of nitrogens with zero attached hydrogens (tertiary/aromatic N) is 2. The van der Waals surface area contributed by atoms with Crippen LogP contribution in [0, 0.1) is 0 Å². The first-order valence-corrected chi connectivity index (χ1v) is 6.70. The summed E-state index contributed by atoms with van der Waals surface area (Å²) < 4.78 is 1.63. The van der Waals surface area contributed by atoms with Crippen molar-refractivity contribution in [3.8, 4) is 0 Å². The fourth-order valence-electron chi connectivity index (χ4n) is 2.47. The zero-order valence-corrected chi connectivity index (χ0v) is 10.8. The minimum Gasteiger partial charge on any atom is -0.371 e. The molecule has 1 saturated heterocycles. The molecule has 3 heteroatoms. The lowest BCUT2D eigenvalue weighted by Gasteiger charge is -2.15. The van der Waals surface area contributed by atoms with Crippen LogP contribution < -0.4 is 9.47 Å². The van der Waals surface area contributed by atoms with Gasteiger partial charge in [0.2, 0.25) is 0 Å². The van der Waals surface area contributed by atoms with Crippen molar-refractivity contribution < 1.29 is 9.36 Å². The van der Waals surface area contributed by atoms with Crippen LogP contribution in [0.5, 0.6) is 0 Å². The SMILES string of the molecule is O=C(c1ccccc1)[n+]1ccc(N2CCCC2)cc1. The van der Waals surface area contributed by atoms with Gasteiger partial charge in [-0.25, -0.2) is 4.79 Å². The number of carbonyl (C=O) groups is 1. The molecule has 0 N–H and O–H groups in total.